The van der Waals surface area contributed by atoms with Crippen LogP contribution in [0.25, 0.3) is 0 Å². The van der Waals surface area contributed by atoms with Crippen LogP contribution in [0.2, 0.25) is 0 Å². The van der Waals surface area contributed by atoms with Gasteiger partial charge in [0, 0.05) is 18.4 Å². The molecule has 0 rings (SSSR count). The van der Waals surface area contributed by atoms with Crippen molar-refractivity contribution in [1.29, 1.82) is 0 Å². The normalized spacial score (nSPS) is 6.22. The number of carbonyl (C=O) groups excluding carboxylic acids is 2. The summed E-state index contributed by atoms with van der Waals surface area (Å²) in [6, 6.07) is 0. The number of hydrogen-bond acceptors (Lipinski definition) is 4. The minimum atomic E-state index is -1.63. The first-order chi connectivity index (χ1) is 3.13. The van der Waals surface area contributed by atoms with Crippen LogP contribution in [0.1, 0.15) is 6.42 Å². The Labute approximate surface area is 77.6 Å². The van der Waals surface area contributed by atoms with Crippen molar-refractivity contribution in [2.45, 2.75) is 6.42 Å². The third-order valence-electron chi connectivity index (χ3n) is 0.289. The van der Waals surface area contributed by atoms with Gasteiger partial charge in [0.15, 0.2) is 0 Å². The topological polar surface area (TPSA) is 80.3 Å². The molecule has 0 amide bonds. The molecule has 4 nitrogen and oxygen atoms in total. The molecule has 1 radical (unpaired) electrons. The largest absolute Gasteiger partial charge is 2.00 e. The first-order valence-corrected chi connectivity index (χ1v) is 1.52. The van der Waals surface area contributed by atoms with Crippen molar-refractivity contribution in [1.82, 2.24) is 0 Å². The Morgan fingerprint density at radius 2 is 1.33 bits per heavy atom. The molecule has 0 atom stereocenters. The predicted octanol–water partition coefficient (Wildman–Crippen LogP) is -3.13. The Morgan fingerprint density at radius 1 is 1.11 bits per heavy atom. The minimum Gasteiger partial charge on any atom is -0.550 e. The van der Waals surface area contributed by atoms with E-state index in [1.165, 1.54) is 0 Å². The van der Waals surface area contributed by atoms with Crippen molar-refractivity contribution in [3.8, 4) is 0 Å². The molecule has 0 aliphatic rings. The van der Waals surface area contributed by atoms with Crippen LogP contribution in [0.15, 0.2) is 0 Å². The van der Waals surface area contributed by atoms with Gasteiger partial charge < -0.3 is 19.8 Å². The summed E-state index contributed by atoms with van der Waals surface area (Å²) in [4.78, 5) is 18.6. The molecule has 0 saturated heterocycles. The molecule has 0 unspecified atom stereocenters. The number of carbonyl (C=O) groups is 2. The fourth-order valence-corrected chi connectivity index (χ4v) is 0.118. The van der Waals surface area contributed by atoms with Crippen LogP contribution >= 0.6 is 0 Å². The van der Waals surface area contributed by atoms with Crippen molar-refractivity contribution in [2.75, 3.05) is 0 Å². The molecule has 0 aliphatic carbocycles. The predicted molar refractivity (Wildman–Crippen MR) is 14.6 cm³/mol. The van der Waals surface area contributed by atoms with E-state index in [1.54, 1.807) is 0 Å². The van der Waals surface area contributed by atoms with Gasteiger partial charge in [0.05, 0.1) is 0 Å². The molecule has 0 aromatic heterocycles. The second-order valence-corrected chi connectivity index (χ2v) is 0.921. The molecule has 9 heavy (non-hydrogen) atoms. The van der Waals surface area contributed by atoms with E-state index in [1.807, 2.05) is 0 Å². The molecule has 0 heterocycles. The van der Waals surface area contributed by atoms with Crippen LogP contribution in [0.4, 0.5) is 0 Å². The van der Waals surface area contributed by atoms with E-state index in [9.17, 15) is 19.8 Å². The fourth-order valence-electron chi connectivity index (χ4n) is 0.118. The minimum absolute atomic E-state index is 0. The van der Waals surface area contributed by atoms with Crippen LogP contribution < -0.4 is 10.2 Å². The van der Waals surface area contributed by atoms with E-state index >= 15 is 0 Å². The van der Waals surface area contributed by atoms with Gasteiger partial charge in [0.25, 0.3) is 0 Å². The van der Waals surface area contributed by atoms with Gasteiger partial charge in [-0.05, 0) is 0 Å². The number of hydrogen-bond donors (Lipinski definition) is 0. The van der Waals surface area contributed by atoms with E-state index in [-0.39, 0.29) is 39.4 Å². The number of carboxylic acids is 2. The van der Waals surface area contributed by atoms with E-state index in [2.05, 4.69) is 0 Å². The quantitative estimate of drug-likeness (QED) is 0.394. The summed E-state index contributed by atoms with van der Waals surface area (Å²) in [6.07, 6.45) is -1.03. The zero-order valence-electron chi connectivity index (χ0n) is 3.94. The standard InChI is InChI=1S/C3H4O4.Ag.Cu/c4-2(5)1-3(6)7;;/h1H2,(H,4,5)(H,6,7);;/q;+1;+2/p-2. The molecule has 0 aliphatic heterocycles. The van der Waals surface area contributed by atoms with Crippen molar-refractivity contribution in [3.05, 3.63) is 0 Å². The summed E-state index contributed by atoms with van der Waals surface area (Å²) >= 11 is 0. The molecule has 0 aromatic rings. The molecular formula is C3H2AgCuO4+. The Kier molecular flexibility index (Phi) is 14.7. The van der Waals surface area contributed by atoms with Crippen molar-refractivity contribution in [3.63, 3.8) is 0 Å². The summed E-state index contributed by atoms with van der Waals surface area (Å²) in [5, 5.41) is 18.6. The van der Waals surface area contributed by atoms with E-state index in [0.29, 0.717) is 0 Å². The van der Waals surface area contributed by atoms with Gasteiger partial charge in [-0.15, -0.1) is 0 Å². The Bertz CT molecular complexity index is 92.0. The average molecular weight is 273 g/mol. The van der Waals surface area contributed by atoms with Crippen molar-refractivity contribution in [2.24, 2.45) is 0 Å². The van der Waals surface area contributed by atoms with Crippen LogP contribution in [-0.2, 0) is 49.0 Å². The van der Waals surface area contributed by atoms with Gasteiger partial charge >= 0.3 is 39.4 Å². The zero-order valence-corrected chi connectivity index (χ0v) is 6.37. The fraction of sp³-hybridized carbons (Fsp3) is 0.333. The second-order valence-electron chi connectivity index (χ2n) is 0.921. The first kappa shape index (κ1) is 16.1. The monoisotopic (exact) mass is 272 g/mol. The van der Waals surface area contributed by atoms with E-state index in [0.717, 1.165) is 0 Å². The average Bonchev–Trinajstić information content (AvgIpc) is 1.27. The molecular weight excluding hydrogens is 271 g/mol. The van der Waals surface area contributed by atoms with E-state index < -0.39 is 18.4 Å². The van der Waals surface area contributed by atoms with Gasteiger partial charge in [-0.2, -0.15) is 0 Å². The van der Waals surface area contributed by atoms with Crippen molar-refractivity contribution < 1.29 is 59.3 Å². The summed E-state index contributed by atoms with van der Waals surface area (Å²) in [7, 11) is 0. The summed E-state index contributed by atoms with van der Waals surface area (Å²) in [6.45, 7) is 0. The number of rotatable bonds is 2. The van der Waals surface area contributed by atoms with Gasteiger partial charge in [-0.3, -0.25) is 0 Å². The number of aliphatic carboxylic acids is 2. The van der Waals surface area contributed by atoms with Crippen LogP contribution in [0.3, 0.4) is 0 Å². The van der Waals surface area contributed by atoms with Gasteiger partial charge in [-0.25, -0.2) is 0 Å². The molecule has 59 valence electrons. The van der Waals surface area contributed by atoms with Crippen LogP contribution in [0, 0.1) is 0 Å². The maximum atomic E-state index is 9.28. The Hall–Kier alpha value is 0.200. The SMILES string of the molecule is O=C([O-])CC(=O)[O-].[Ag+].[Cu+2]. The van der Waals surface area contributed by atoms with Crippen LogP contribution in [-0.4, -0.2) is 11.9 Å². The van der Waals surface area contributed by atoms with Gasteiger partial charge in [-0.1, -0.05) is 0 Å². The molecule has 0 fully saturated rings. The third kappa shape index (κ3) is 17.9. The van der Waals surface area contributed by atoms with Gasteiger partial charge in [0.2, 0.25) is 0 Å². The molecule has 0 saturated carbocycles. The zero-order chi connectivity index (χ0) is 5.86. The third-order valence-corrected chi connectivity index (χ3v) is 0.289. The second kappa shape index (κ2) is 8.20. The molecule has 0 N–H and O–H groups in total. The maximum Gasteiger partial charge on any atom is 2.00 e. The summed E-state index contributed by atoms with van der Waals surface area (Å²) in [5.41, 5.74) is 0. The summed E-state index contributed by atoms with van der Waals surface area (Å²) < 4.78 is 0. The molecule has 0 aromatic carbocycles. The maximum absolute atomic E-state index is 9.28. The Morgan fingerprint density at radius 3 is 1.33 bits per heavy atom. The van der Waals surface area contributed by atoms with E-state index in [4.69, 9.17) is 0 Å². The number of carboxylic acid groups (broad SMARTS) is 2. The molecule has 0 spiro atoms. The van der Waals surface area contributed by atoms with Gasteiger partial charge in [0.1, 0.15) is 0 Å². The van der Waals surface area contributed by atoms with Crippen LogP contribution in [0.5, 0.6) is 0 Å². The Balaban J connectivity index is -0.000000180. The molecule has 6 heteroatoms. The first-order valence-electron chi connectivity index (χ1n) is 1.52. The smallest absolute Gasteiger partial charge is 0.550 e. The van der Waals surface area contributed by atoms with Crippen molar-refractivity contribution >= 4 is 11.9 Å². The molecule has 0 bridgehead atoms. The summed E-state index contributed by atoms with van der Waals surface area (Å²) in [5.74, 6) is -3.25.